The van der Waals surface area contributed by atoms with Crippen molar-refractivity contribution < 1.29 is 0 Å². The van der Waals surface area contributed by atoms with E-state index in [2.05, 4.69) is 27.5 Å². The Kier molecular flexibility index (Phi) is 5.98. The molecule has 7 heteroatoms. The lowest BCUT2D eigenvalue weighted by Gasteiger charge is -2.12. The normalized spacial score (nSPS) is 17.7. The average molecular weight is 381 g/mol. The van der Waals surface area contributed by atoms with Crippen LogP contribution in [0.4, 0.5) is 0 Å². The number of aromatic nitrogens is 3. The molecule has 1 atom stereocenters. The van der Waals surface area contributed by atoms with E-state index in [1.807, 2.05) is 25.3 Å². The number of rotatable bonds is 5. The zero-order valence-electron chi connectivity index (χ0n) is 13.3. The van der Waals surface area contributed by atoms with Crippen molar-refractivity contribution in [2.24, 2.45) is 11.0 Å². The molecule has 2 aromatic rings. The third-order valence-electron chi connectivity index (χ3n) is 3.84. The molecule has 0 unspecified atom stereocenters. The quantitative estimate of drug-likeness (QED) is 0.397. The summed E-state index contributed by atoms with van der Waals surface area (Å²) in [5.41, 5.74) is 1.01. The second-order valence-corrected chi connectivity index (χ2v) is 7.46. The molecule has 24 heavy (non-hydrogen) atoms. The van der Waals surface area contributed by atoms with Gasteiger partial charge in [0.1, 0.15) is 0 Å². The fraction of sp³-hybridized carbons (Fsp3) is 0.353. The van der Waals surface area contributed by atoms with Crippen LogP contribution in [0.5, 0.6) is 0 Å². The van der Waals surface area contributed by atoms with Crippen LogP contribution in [-0.2, 0) is 5.75 Å². The van der Waals surface area contributed by atoms with Crippen molar-refractivity contribution in [1.82, 2.24) is 14.9 Å². The van der Waals surface area contributed by atoms with Crippen LogP contribution in [0.15, 0.2) is 40.6 Å². The lowest BCUT2D eigenvalue weighted by molar-refractivity contribution is 0.617. The predicted molar refractivity (Wildman–Crippen MR) is 101 cm³/mol. The Morgan fingerprint density at radius 1 is 1.33 bits per heavy atom. The number of hydrogen-bond donors (Lipinski definition) is 0. The molecule has 0 amide bonds. The number of hydrogen-bond acceptors (Lipinski definition) is 4. The third kappa shape index (κ3) is 4.41. The number of thioether (sulfide) groups is 1. The predicted octanol–water partition coefficient (Wildman–Crippen LogP) is 5.38. The molecule has 126 valence electrons. The lowest BCUT2D eigenvalue weighted by atomic mass is 9.96. The van der Waals surface area contributed by atoms with Crippen LogP contribution in [0.1, 0.15) is 30.7 Å². The summed E-state index contributed by atoms with van der Waals surface area (Å²) in [6.07, 6.45) is 9.77. The minimum Gasteiger partial charge on any atom is -0.192 e. The van der Waals surface area contributed by atoms with Crippen molar-refractivity contribution in [2.75, 3.05) is 0 Å². The van der Waals surface area contributed by atoms with Gasteiger partial charge in [0.15, 0.2) is 5.82 Å². The molecule has 0 saturated heterocycles. The Labute approximate surface area is 155 Å². The highest BCUT2D eigenvalue weighted by Gasteiger charge is 2.12. The van der Waals surface area contributed by atoms with Gasteiger partial charge in [-0.05, 0) is 49.8 Å². The van der Waals surface area contributed by atoms with Gasteiger partial charge >= 0.3 is 0 Å². The first-order chi connectivity index (χ1) is 11.6. The van der Waals surface area contributed by atoms with E-state index in [4.69, 9.17) is 23.2 Å². The van der Waals surface area contributed by atoms with Gasteiger partial charge < -0.3 is 0 Å². The molecule has 1 aromatic carbocycles. The summed E-state index contributed by atoms with van der Waals surface area (Å²) in [4.78, 5) is 0. The number of nitrogens with zero attached hydrogens (tertiary/aromatic N) is 4. The van der Waals surface area contributed by atoms with Gasteiger partial charge in [-0.3, -0.25) is 0 Å². The van der Waals surface area contributed by atoms with E-state index in [1.54, 1.807) is 22.5 Å². The van der Waals surface area contributed by atoms with Crippen LogP contribution >= 0.6 is 35.0 Å². The summed E-state index contributed by atoms with van der Waals surface area (Å²) in [5.74, 6) is 1.96. The molecule has 1 aromatic heterocycles. The highest BCUT2D eigenvalue weighted by atomic mass is 35.5. The molecule has 0 N–H and O–H groups in total. The third-order valence-corrected chi connectivity index (χ3v) is 5.40. The number of aryl methyl sites for hydroxylation is 1. The van der Waals surface area contributed by atoms with Crippen molar-refractivity contribution in [3.05, 3.63) is 51.8 Å². The first-order valence-corrected chi connectivity index (χ1v) is 9.56. The highest BCUT2D eigenvalue weighted by Crippen LogP contribution is 2.28. The molecule has 0 bridgehead atoms. The van der Waals surface area contributed by atoms with Crippen LogP contribution in [0, 0.1) is 12.8 Å². The number of allylic oxidation sites excluding steroid dienone is 2. The first-order valence-electron chi connectivity index (χ1n) is 7.81. The Balaban J connectivity index is 1.70. The molecule has 0 fully saturated rings. The Bertz CT molecular complexity index is 770. The van der Waals surface area contributed by atoms with Crippen molar-refractivity contribution in [2.45, 2.75) is 37.1 Å². The smallest absolute Gasteiger partial charge is 0.192 e. The summed E-state index contributed by atoms with van der Waals surface area (Å²) in [6.45, 7) is 1.91. The SMILES string of the molecule is Cc1nnc(SCc2ccc(Cl)cc2Cl)n1/N=C\[C@@H]1CC=CCC1. The first kappa shape index (κ1) is 17.5. The van der Waals surface area contributed by atoms with Crippen molar-refractivity contribution >= 4 is 41.2 Å². The molecule has 0 saturated carbocycles. The average Bonchev–Trinajstić information content (AvgIpc) is 2.93. The van der Waals surface area contributed by atoms with E-state index < -0.39 is 0 Å². The van der Waals surface area contributed by atoms with E-state index in [1.165, 1.54) is 0 Å². The van der Waals surface area contributed by atoms with Crippen LogP contribution in [0.3, 0.4) is 0 Å². The molecular weight excluding hydrogens is 363 g/mol. The minimum atomic E-state index is 0.486. The minimum absolute atomic E-state index is 0.486. The molecular formula is C17H18Cl2N4S. The largest absolute Gasteiger partial charge is 0.212 e. The summed E-state index contributed by atoms with van der Waals surface area (Å²) in [6, 6.07) is 5.53. The van der Waals surface area contributed by atoms with Crippen LogP contribution in [0.25, 0.3) is 0 Å². The molecule has 0 spiro atoms. The van der Waals surface area contributed by atoms with E-state index >= 15 is 0 Å². The Morgan fingerprint density at radius 3 is 2.96 bits per heavy atom. The van der Waals surface area contributed by atoms with E-state index in [9.17, 15) is 0 Å². The second-order valence-electron chi connectivity index (χ2n) is 5.68. The zero-order chi connectivity index (χ0) is 16.9. The Hall–Kier alpha value is -1.30. The van der Waals surface area contributed by atoms with Gasteiger partial charge in [0, 0.05) is 22.0 Å². The summed E-state index contributed by atoms with van der Waals surface area (Å²) < 4.78 is 1.80. The fourth-order valence-corrected chi connectivity index (χ4v) is 3.95. The molecule has 4 nitrogen and oxygen atoms in total. The van der Waals surface area contributed by atoms with Gasteiger partial charge in [0.05, 0.1) is 0 Å². The summed E-state index contributed by atoms with van der Waals surface area (Å²) in [5, 5.41) is 15.0. The van der Waals surface area contributed by atoms with Crippen molar-refractivity contribution in [3.8, 4) is 0 Å². The van der Waals surface area contributed by atoms with Crippen LogP contribution < -0.4 is 0 Å². The second kappa shape index (κ2) is 8.19. The fourth-order valence-electron chi connectivity index (χ4n) is 2.46. The summed E-state index contributed by atoms with van der Waals surface area (Å²) in [7, 11) is 0. The van der Waals surface area contributed by atoms with Gasteiger partial charge in [0.25, 0.3) is 0 Å². The molecule has 3 rings (SSSR count). The van der Waals surface area contributed by atoms with Gasteiger partial charge in [-0.15, -0.1) is 10.2 Å². The lowest BCUT2D eigenvalue weighted by Crippen LogP contribution is -2.06. The van der Waals surface area contributed by atoms with E-state index in [0.29, 0.717) is 21.7 Å². The molecule has 1 aliphatic carbocycles. The molecule has 0 radical (unpaired) electrons. The molecule has 0 aliphatic heterocycles. The van der Waals surface area contributed by atoms with E-state index in [-0.39, 0.29) is 0 Å². The molecule has 1 aliphatic rings. The zero-order valence-corrected chi connectivity index (χ0v) is 15.7. The maximum Gasteiger partial charge on any atom is 0.212 e. The van der Waals surface area contributed by atoms with Crippen LogP contribution in [0.2, 0.25) is 10.0 Å². The van der Waals surface area contributed by atoms with Gasteiger partial charge in [-0.25, -0.2) is 0 Å². The number of halogens is 2. The van der Waals surface area contributed by atoms with Gasteiger partial charge in [-0.1, -0.05) is 53.2 Å². The van der Waals surface area contributed by atoms with E-state index in [0.717, 1.165) is 35.8 Å². The van der Waals surface area contributed by atoms with Crippen molar-refractivity contribution in [1.29, 1.82) is 0 Å². The van der Waals surface area contributed by atoms with Gasteiger partial charge in [0.2, 0.25) is 5.16 Å². The number of benzene rings is 1. The van der Waals surface area contributed by atoms with Gasteiger partial charge in [-0.2, -0.15) is 9.78 Å². The monoisotopic (exact) mass is 380 g/mol. The highest BCUT2D eigenvalue weighted by molar-refractivity contribution is 7.98. The standard InChI is InChI=1S/C17H18Cl2N4S/c1-12-21-22-17(23(12)20-10-13-5-3-2-4-6-13)24-11-14-7-8-15(18)9-16(14)19/h2-3,7-10,13H,4-6,11H2,1H3/b20-10-/t13-/m1/s1. The molecule has 1 heterocycles. The topological polar surface area (TPSA) is 43.1 Å². The van der Waals surface area contributed by atoms with Crippen LogP contribution in [-0.4, -0.2) is 21.1 Å². The maximum absolute atomic E-state index is 6.23. The van der Waals surface area contributed by atoms with Crippen molar-refractivity contribution in [3.63, 3.8) is 0 Å². The Morgan fingerprint density at radius 2 is 2.21 bits per heavy atom. The maximum atomic E-state index is 6.23. The summed E-state index contributed by atoms with van der Waals surface area (Å²) >= 11 is 13.7.